The van der Waals surface area contributed by atoms with E-state index in [0.717, 1.165) is 12.8 Å². The molecule has 2 aromatic carbocycles. The van der Waals surface area contributed by atoms with Crippen LogP contribution in [-0.2, 0) is 4.74 Å². The summed E-state index contributed by atoms with van der Waals surface area (Å²) in [6.07, 6.45) is 1.99. The molecule has 0 atom stereocenters. The molecule has 0 aliphatic heterocycles. The highest BCUT2D eigenvalue weighted by molar-refractivity contribution is 6.02. The molecule has 0 fully saturated rings. The van der Waals surface area contributed by atoms with E-state index in [-0.39, 0.29) is 29.3 Å². The average Bonchev–Trinajstić information content (AvgIpc) is 3.19. The van der Waals surface area contributed by atoms with Gasteiger partial charge < -0.3 is 20.2 Å². The highest BCUT2D eigenvalue weighted by Gasteiger charge is 2.20. The maximum absolute atomic E-state index is 12.8. The number of H-pyrrole nitrogens is 1. The molecule has 0 radical (unpaired) electrons. The van der Waals surface area contributed by atoms with E-state index < -0.39 is 17.6 Å². The number of nitrogens with one attached hydrogen (secondary N) is 1. The first-order chi connectivity index (χ1) is 16.9. The van der Waals surface area contributed by atoms with Crippen LogP contribution in [0.4, 0.5) is 0 Å². The van der Waals surface area contributed by atoms with Crippen LogP contribution in [0.2, 0.25) is 0 Å². The first kappa shape index (κ1) is 23.7. The third kappa shape index (κ3) is 4.91. The van der Waals surface area contributed by atoms with Crippen molar-refractivity contribution >= 4 is 23.0 Å². The molecular formula is C25H25N5O5. The highest BCUT2D eigenvalue weighted by atomic mass is 16.5. The molecule has 0 bridgehead atoms. The van der Waals surface area contributed by atoms with Crippen molar-refractivity contribution in [1.82, 2.24) is 19.5 Å². The molecule has 10 heteroatoms. The summed E-state index contributed by atoms with van der Waals surface area (Å²) in [4.78, 5) is 48.4. The number of aromatic nitrogens is 4. The van der Waals surface area contributed by atoms with Gasteiger partial charge in [-0.15, -0.1) is 0 Å². The number of ether oxygens (including phenoxy) is 2. The number of rotatable bonds is 9. The van der Waals surface area contributed by atoms with E-state index in [2.05, 4.69) is 21.9 Å². The van der Waals surface area contributed by atoms with Crippen LogP contribution in [0.5, 0.6) is 5.75 Å². The number of esters is 1. The second-order valence-corrected chi connectivity index (χ2v) is 7.72. The topological polar surface area (TPSA) is 142 Å². The number of imidazole rings is 1. The van der Waals surface area contributed by atoms with Crippen molar-refractivity contribution in [2.75, 3.05) is 13.2 Å². The molecule has 0 saturated carbocycles. The fraction of sp³-hybridized carbons (Fsp3) is 0.240. The number of aromatic amines is 1. The maximum Gasteiger partial charge on any atom is 0.338 e. The monoisotopic (exact) mass is 475 g/mol. The summed E-state index contributed by atoms with van der Waals surface area (Å²) in [5, 5.41) is 0. The highest BCUT2D eigenvalue weighted by Crippen LogP contribution is 2.24. The Balaban J connectivity index is 1.78. The molecule has 0 aliphatic carbocycles. The molecule has 0 aliphatic rings. The molecule has 0 spiro atoms. The van der Waals surface area contributed by atoms with Crippen molar-refractivity contribution in [2.45, 2.75) is 26.7 Å². The van der Waals surface area contributed by atoms with Crippen LogP contribution < -0.4 is 16.2 Å². The number of benzene rings is 2. The fourth-order valence-corrected chi connectivity index (χ4v) is 3.53. The lowest BCUT2D eigenvalue weighted by Crippen LogP contribution is -2.15. The Morgan fingerprint density at radius 2 is 1.74 bits per heavy atom. The molecule has 35 heavy (non-hydrogen) atoms. The van der Waals surface area contributed by atoms with Crippen LogP contribution in [0.3, 0.4) is 0 Å². The van der Waals surface area contributed by atoms with Gasteiger partial charge in [-0.25, -0.2) is 24.1 Å². The Morgan fingerprint density at radius 3 is 2.37 bits per heavy atom. The van der Waals surface area contributed by atoms with Crippen molar-refractivity contribution in [1.29, 1.82) is 0 Å². The van der Waals surface area contributed by atoms with Gasteiger partial charge in [0.1, 0.15) is 11.3 Å². The van der Waals surface area contributed by atoms with Crippen molar-refractivity contribution < 1.29 is 19.1 Å². The molecule has 0 saturated heterocycles. The number of hydrogen-bond acceptors (Lipinski definition) is 7. The van der Waals surface area contributed by atoms with E-state index in [1.165, 1.54) is 4.57 Å². The minimum absolute atomic E-state index is 0.104. The minimum Gasteiger partial charge on any atom is -0.494 e. The predicted molar refractivity (Wildman–Crippen MR) is 130 cm³/mol. The number of nitrogens with two attached hydrogens (primary N) is 1. The van der Waals surface area contributed by atoms with Crippen LogP contribution in [0.15, 0.2) is 53.3 Å². The molecule has 0 unspecified atom stereocenters. The second-order valence-electron chi connectivity index (χ2n) is 7.72. The van der Waals surface area contributed by atoms with Crippen molar-refractivity contribution in [3.63, 3.8) is 0 Å². The number of carbonyl (C=O) groups is 2. The van der Waals surface area contributed by atoms with Crippen LogP contribution in [0, 0.1) is 0 Å². The quantitative estimate of drug-likeness (QED) is 0.279. The summed E-state index contributed by atoms with van der Waals surface area (Å²) in [5.41, 5.74) is 6.64. The Labute approximate surface area is 200 Å². The zero-order valence-electron chi connectivity index (χ0n) is 19.4. The molecule has 2 aromatic heterocycles. The second kappa shape index (κ2) is 10.2. The minimum atomic E-state index is -0.802. The van der Waals surface area contributed by atoms with Gasteiger partial charge in [0.05, 0.1) is 24.5 Å². The number of unbranched alkanes of at least 4 members (excludes halogenated alkanes) is 1. The smallest absolute Gasteiger partial charge is 0.338 e. The van der Waals surface area contributed by atoms with E-state index in [0.29, 0.717) is 29.2 Å². The number of nitrogens with zero attached hydrogens (tertiary/aromatic N) is 3. The van der Waals surface area contributed by atoms with E-state index in [4.69, 9.17) is 15.2 Å². The van der Waals surface area contributed by atoms with Gasteiger partial charge in [-0.05, 0) is 61.9 Å². The van der Waals surface area contributed by atoms with Gasteiger partial charge in [0, 0.05) is 5.56 Å². The molecule has 4 rings (SSSR count). The molecule has 4 aromatic rings. The molecule has 180 valence electrons. The lowest BCUT2D eigenvalue weighted by Gasteiger charge is -2.08. The molecule has 3 N–H and O–H groups in total. The van der Waals surface area contributed by atoms with Gasteiger partial charge in [-0.1, -0.05) is 13.3 Å². The van der Waals surface area contributed by atoms with E-state index >= 15 is 0 Å². The van der Waals surface area contributed by atoms with Gasteiger partial charge in [0.2, 0.25) is 0 Å². The fourth-order valence-electron chi connectivity index (χ4n) is 3.53. The molecule has 10 nitrogen and oxygen atoms in total. The van der Waals surface area contributed by atoms with E-state index in [9.17, 15) is 14.4 Å². The average molecular weight is 476 g/mol. The van der Waals surface area contributed by atoms with Crippen molar-refractivity contribution in [3.8, 4) is 22.8 Å². The lowest BCUT2D eigenvalue weighted by atomic mass is 10.2. The molecule has 1 amide bonds. The summed E-state index contributed by atoms with van der Waals surface area (Å²) >= 11 is 0. The first-order valence-corrected chi connectivity index (χ1v) is 11.3. The first-order valence-electron chi connectivity index (χ1n) is 11.3. The standard InChI is InChI=1S/C25H25N5O5/c1-3-5-14-35-18-12-8-15(9-13-18)22-27-19(21(26)31)20-23(29-22)30(25(33)28-20)17-10-6-16(7-11-17)24(32)34-4-2/h6-13H,3-5,14H2,1-2H3,(H2,26,31)(H,28,33). The third-order valence-corrected chi connectivity index (χ3v) is 5.29. The van der Waals surface area contributed by atoms with Gasteiger partial charge >= 0.3 is 11.7 Å². The normalized spacial score (nSPS) is 10.9. The van der Waals surface area contributed by atoms with Gasteiger partial charge in [-0.3, -0.25) is 4.79 Å². The predicted octanol–water partition coefficient (Wildman–Crippen LogP) is 3.23. The number of hydrogen-bond donors (Lipinski definition) is 2. The van der Waals surface area contributed by atoms with Gasteiger partial charge in [0.15, 0.2) is 17.2 Å². The largest absolute Gasteiger partial charge is 0.494 e. The van der Waals surface area contributed by atoms with Crippen LogP contribution in [0.25, 0.3) is 28.2 Å². The third-order valence-electron chi connectivity index (χ3n) is 5.29. The van der Waals surface area contributed by atoms with Crippen molar-refractivity contribution in [2.24, 2.45) is 5.73 Å². The summed E-state index contributed by atoms with van der Waals surface area (Å²) in [6.45, 7) is 4.68. The number of fused-ring (bicyclic) bond motifs is 1. The Hall–Kier alpha value is -4.47. The number of primary amides is 1. The summed E-state index contributed by atoms with van der Waals surface area (Å²) < 4.78 is 12.0. The zero-order valence-corrected chi connectivity index (χ0v) is 19.4. The summed E-state index contributed by atoms with van der Waals surface area (Å²) in [5.74, 6) is -0.335. The van der Waals surface area contributed by atoms with Gasteiger partial charge in [0.25, 0.3) is 5.91 Å². The number of amides is 1. The Kier molecular flexibility index (Phi) is 6.91. The Morgan fingerprint density at radius 1 is 1.03 bits per heavy atom. The Bertz CT molecular complexity index is 1420. The van der Waals surface area contributed by atoms with E-state index in [1.807, 2.05) is 0 Å². The lowest BCUT2D eigenvalue weighted by molar-refractivity contribution is 0.0526. The summed E-state index contributed by atoms with van der Waals surface area (Å²) in [7, 11) is 0. The number of carbonyl (C=O) groups excluding carboxylic acids is 2. The zero-order chi connectivity index (χ0) is 24.9. The maximum atomic E-state index is 12.8. The summed E-state index contributed by atoms with van der Waals surface area (Å²) in [6, 6.07) is 13.4. The van der Waals surface area contributed by atoms with Gasteiger partial charge in [-0.2, -0.15) is 0 Å². The van der Waals surface area contributed by atoms with Crippen LogP contribution >= 0.6 is 0 Å². The van der Waals surface area contributed by atoms with Crippen LogP contribution in [0.1, 0.15) is 47.5 Å². The molecule has 2 heterocycles. The molecular weight excluding hydrogens is 450 g/mol. The van der Waals surface area contributed by atoms with E-state index in [1.54, 1.807) is 55.5 Å². The van der Waals surface area contributed by atoms with Crippen molar-refractivity contribution in [3.05, 3.63) is 70.3 Å². The van der Waals surface area contributed by atoms with Crippen LogP contribution in [-0.4, -0.2) is 44.6 Å². The SMILES string of the molecule is CCCCOc1ccc(-c2nc(C(N)=O)c3[nH]c(=O)n(-c4ccc(C(=O)OCC)cc4)c3n2)cc1.